The number of carbonyl (C=O) groups is 1. The van der Waals surface area contributed by atoms with Gasteiger partial charge in [0.1, 0.15) is 11.9 Å². The van der Waals surface area contributed by atoms with E-state index < -0.39 is 0 Å². The normalized spacial score (nSPS) is 22.4. The molecule has 5 nitrogen and oxygen atoms in total. The van der Waals surface area contributed by atoms with Gasteiger partial charge in [-0.1, -0.05) is 19.3 Å². The van der Waals surface area contributed by atoms with E-state index in [0.717, 1.165) is 44.6 Å². The monoisotopic (exact) mass is 312 g/mol. The maximum Gasteiger partial charge on any atom is 0.225 e. The van der Waals surface area contributed by atoms with Crippen molar-refractivity contribution in [2.24, 2.45) is 5.92 Å². The maximum absolute atomic E-state index is 12.5. The molecule has 1 aromatic rings. The van der Waals surface area contributed by atoms with Gasteiger partial charge >= 0.3 is 0 Å². The van der Waals surface area contributed by atoms with Crippen LogP contribution in [0.2, 0.25) is 0 Å². The van der Waals surface area contributed by atoms with E-state index in [9.17, 15) is 4.79 Å². The molecular formula is C18H24N4O. The smallest absolute Gasteiger partial charge is 0.225 e. The van der Waals surface area contributed by atoms with Crippen molar-refractivity contribution in [2.75, 3.05) is 18.0 Å². The number of amides is 1. The summed E-state index contributed by atoms with van der Waals surface area (Å²) in [5, 5.41) is 12.1. The van der Waals surface area contributed by atoms with Crippen LogP contribution in [0.4, 0.5) is 5.82 Å². The second-order valence-electron chi connectivity index (χ2n) is 6.65. The quantitative estimate of drug-likeness (QED) is 0.931. The lowest BCUT2D eigenvalue weighted by Crippen LogP contribution is -2.46. The highest BCUT2D eigenvalue weighted by molar-refractivity contribution is 5.79. The second-order valence-corrected chi connectivity index (χ2v) is 6.65. The molecule has 122 valence electrons. The van der Waals surface area contributed by atoms with Gasteiger partial charge in [0.25, 0.3) is 0 Å². The van der Waals surface area contributed by atoms with Gasteiger partial charge in [-0.3, -0.25) is 4.79 Å². The Labute approximate surface area is 137 Å². The number of carbonyl (C=O) groups excluding carboxylic acids is 1. The third kappa shape index (κ3) is 4.01. The molecule has 3 rings (SSSR count). The molecular weight excluding hydrogens is 288 g/mol. The van der Waals surface area contributed by atoms with Crippen LogP contribution in [0.1, 0.15) is 50.5 Å². The molecule has 0 radical (unpaired) electrons. The summed E-state index contributed by atoms with van der Waals surface area (Å²) in [7, 11) is 0. The topological polar surface area (TPSA) is 69.0 Å². The first kappa shape index (κ1) is 15.8. The summed E-state index contributed by atoms with van der Waals surface area (Å²) in [6.45, 7) is 1.64. The van der Waals surface area contributed by atoms with Crippen molar-refractivity contribution >= 4 is 11.7 Å². The Kier molecular flexibility index (Phi) is 5.12. The van der Waals surface area contributed by atoms with Crippen LogP contribution >= 0.6 is 0 Å². The van der Waals surface area contributed by atoms with Gasteiger partial charge in [-0.25, -0.2) is 4.98 Å². The Balaban J connectivity index is 1.58. The highest BCUT2D eigenvalue weighted by atomic mass is 16.2. The Morgan fingerprint density at radius 2 is 2.04 bits per heavy atom. The van der Waals surface area contributed by atoms with E-state index in [2.05, 4.69) is 21.3 Å². The van der Waals surface area contributed by atoms with Gasteiger partial charge < -0.3 is 10.2 Å². The zero-order valence-electron chi connectivity index (χ0n) is 13.5. The molecule has 2 aliphatic rings. The van der Waals surface area contributed by atoms with Crippen LogP contribution in [-0.2, 0) is 4.79 Å². The van der Waals surface area contributed by atoms with Crippen molar-refractivity contribution in [3.05, 3.63) is 23.9 Å². The van der Waals surface area contributed by atoms with Crippen LogP contribution in [0.25, 0.3) is 0 Å². The van der Waals surface area contributed by atoms with E-state index in [0.29, 0.717) is 11.6 Å². The second kappa shape index (κ2) is 7.45. The summed E-state index contributed by atoms with van der Waals surface area (Å²) >= 11 is 0. The molecule has 0 spiro atoms. The van der Waals surface area contributed by atoms with Gasteiger partial charge in [0.15, 0.2) is 0 Å². The van der Waals surface area contributed by atoms with Crippen molar-refractivity contribution in [1.82, 2.24) is 10.3 Å². The average molecular weight is 312 g/mol. The molecule has 2 fully saturated rings. The summed E-state index contributed by atoms with van der Waals surface area (Å²) in [5.41, 5.74) is 0.567. The number of rotatable bonds is 3. The van der Waals surface area contributed by atoms with Crippen LogP contribution < -0.4 is 10.2 Å². The lowest BCUT2D eigenvalue weighted by molar-refractivity contribution is -0.126. The van der Waals surface area contributed by atoms with Crippen molar-refractivity contribution in [2.45, 2.75) is 51.0 Å². The highest BCUT2D eigenvalue weighted by Crippen LogP contribution is 2.23. The number of piperidine rings is 1. The van der Waals surface area contributed by atoms with Gasteiger partial charge in [0, 0.05) is 25.3 Å². The SMILES string of the molecule is N#Cc1ccc(N2CCC[C@H](C(=O)NC3CCCCC3)C2)nc1. The van der Waals surface area contributed by atoms with E-state index >= 15 is 0 Å². The summed E-state index contributed by atoms with van der Waals surface area (Å²) < 4.78 is 0. The number of nitriles is 1. The standard InChI is InChI=1S/C18H24N4O/c19-11-14-8-9-17(20-12-14)22-10-4-5-15(13-22)18(23)21-16-6-2-1-3-7-16/h8-9,12,15-16H,1-7,10,13H2,(H,21,23)/t15-/m0/s1. The fourth-order valence-corrected chi connectivity index (χ4v) is 3.60. The predicted molar refractivity (Wildman–Crippen MR) is 88.9 cm³/mol. The fourth-order valence-electron chi connectivity index (χ4n) is 3.60. The molecule has 1 aliphatic carbocycles. The Morgan fingerprint density at radius 3 is 2.74 bits per heavy atom. The number of anilines is 1. The zero-order valence-corrected chi connectivity index (χ0v) is 13.5. The number of pyridine rings is 1. The first-order chi connectivity index (χ1) is 11.3. The highest BCUT2D eigenvalue weighted by Gasteiger charge is 2.28. The van der Waals surface area contributed by atoms with Crippen LogP contribution in [0, 0.1) is 17.2 Å². The maximum atomic E-state index is 12.5. The van der Waals surface area contributed by atoms with Gasteiger partial charge in [-0.15, -0.1) is 0 Å². The lowest BCUT2D eigenvalue weighted by Gasteiger charge is -2.34. The number of nitrogens with zero attached hydrogens (tertiary/aromatic N) is 3. The molecule has 1 aromatic heterocycles. The van der Waals surface area contributed by atoms with Crippen molar-refractivity contribution < 1.29 is 4.79 Å². The third-order valence-corrected chi connectivity index (χ3v) is 4.94. The van der Waals surface area contributed by atoms with Crippen LogP contribution in [0.15, 0.2) is 18.3 Å². The number of nitrogens with one attached hydrogen (secondary N) is 1. The third-order valence-electron chi connectivity index (χ3n) is 4.94. The molecule has 1 atom stereocenters. The molecule has 1 saturated carbocycles. The number of aromatic nitrogens is 1. The lowest BCUT2D eigenvalue weighted by atomic mass is 9.93. The summed E-state index contributed by atoms with van der Waals surface area (Å²) in [4.78, 5) is 19.1. The predicted octanol–water partition coefficient (Wildman–Crippen LogP) is 2.62. The molecule has 0 bridgehead atoms. The Hall–Kier alpha value is -2.09. The fraction of sp³-hybridized carbons (Fsp3) is 0.611. The Morgan fingerprint density at radius 1 is 1.22 bits per heavy atom. The van der Waals surface area contributed by atoms with Gasteiger partial charge in [-0.05, 0) is 37.8 Å². The van der Waals surface area contributed by atoms with Gasteiger partial charge in [-0.2, -0.15) is 5.26 Å². The van der Waals surface area contributed by atoms with Crippen molar-refractivity contribution in [3.63, 3.8) is 0 Å². The summed E-state index contributed by atoms with van der Waals surface area (Å²) in [6.07, 6.45) is 9.57. The molecule has 0 aromatic carbocycles. The first-order valence-corrected chi connectivity index (χ1v) is 8.68. The van der Waals surface area contributed by atoms with Crippen LogP contribution in [-0.4, -0.2) is 30.0 Å². The average Bonchev–Trinajstić information content (AvgIpc) is 2.63. The molecule has 1 amide bonds. The molecule has 5 heteroatoms. The zero-order chi connectivity index (χ0) is 16.1. The summed E-state index contributed by atoms with van der Waals surface area (Å²) in [5.74, 6) is 1.11. The minimum atomic E-state index is 0.0446. The van der Waals surface area contributed by atoms with Crippen LogP contribution in [0.3, 0.4) is 0 Å². The molecule has 1 N–H and O–H groups in total. The Bertz CT molecular complexity index is 572. The van der Waals surface area contributed by atoms with E-state index in [1.807, 2.05) is 6.07 Å². The van der Waals surface area contributed by atoms with E-state index in [1.165, 1.54) is 19.3 Å². The van der Waals surface area contributed by atoms with E-state index in [-0.39, 0.29) is 11.8 Å². The summed E-state index contributed by atoms with van der Waals surface area (Å²) in [6, 6.07) is 6.12. The molecule has 2 heterocycles. The largest absolute Gasteiger partial charge is 0.356 e. The minimum absolute atomic E-state index is 0.0446. The van der Waals surface area contributed by atoms with Gasteiger partial charge in [0.2, 0.25) is 5.91 Å². The van der Waals surface area contributed by atoms with Crippen LogP contribution in [0.5, 0.6) is 0 Å². The molecule has 23 heavy (non-hydrogen) atoms. The van der Waals surface area contributed by atoms with E-state index in [1.54, 1.807) is 12.3 Å². The first-order valence-electron chi connectivity index (χ1n) is 8.68. The minimum Gasteiger partial charge on any atom is -0.356 e. The van der Waals surface area contributed by atoms with Gasteiger partial charge in [0.05, 0.1) is 11.5 Å². The molecule has 0 unspecified atom stereocenters. The number of hydrogen-bond donors (Lipinski definition) is 1. The van der Waals surface area contributed by atoms with Crippen molar-refractivity contribution in [3.8, 4) is 6.07 Å². The molecule has 1 saturated heterocycles. The van der Waals surface area contributed by atoms with E-state index in [4.69, 9.17) is 5.26 Å². The van der Waals surface area contributed by atoms with Crippen molar-refractivity contribution in [1.29, 1.82) is 5.26 Å². The molecule has 1 aliphatic heterocycles. The number of hydrogen-bond acceptors (Lipinski definition) is 4.